The molecular weight excluding hydrogens is 348 g/mol. The van der Waals surface area contributed by atoms with Crippen LogP contribution in [0.15, 0.2) is 36.4 Å². The molecule has 1 aliphatic rings. The summed E-state index contributed by atoms with van der Waals surface area (Å²) in [4.78, 5) is 14.5. The first-order chi connectivity index (χ1) is 11.5. The molecule has 25 heavy (non-hydrogen) atoms. The predicted octanol–water partition coefficient (Wildman–Crippen LogP) is 3.75. The first-order valence-electron chi connectivity index (χ1n) is 7.87. The molecule has 0 fully saturated rings. The van der Waals surface area contributed by atoms with Gasteiger partial charge in [-0.05, 0) is 49.6 Å². The van der Waals surface area contributed by atoms with Crippen molar-refractivity contribution in [2.75, 3.05) is 22.5 Å². The number of nitrogens with two attached hydrogens (primary N) is 1. The number of nitrogen functional groups attached to an aromatic ring is 1. The van der Waals surface area contributed by atoms with E-state index in [1.54, 1.807) is 6.92 Å². The van der Waals surface area contributed by atoms with E-state index in [-0.39, 0.29) is 24.0 Å². The highest BCUT2D eigenvalue weighted by molar-refractivity contribution is 5.97. The van der Waals surface area contributed by atoms with Gasteiger partial charge in [0, 0.05) is 29.7 Å². The zero-order valence-corrected chi connectivity index (χ0v) is 14.6. The van der Waals surface area contributed by atoms with Gasteiger partial charge in [-0.2, -0.15) is 0 Å². The molecule has 1 unspecified atom stereocenters. The van der Waals surface area contributed by atoms with Crippen LogP contribution in [0.3, 0.4) is 0 Å². The molecule has 0 radical (unpaired) electrons. The van der Waals surface area contributed by atoms with Crippen molar-refractivity contribution in [3.63, 3.8) is 0 Å². The third-order valence-corrected chi connectivity index (χ3v) is 4.36. The van der Waals surface area contributed by atoms with E-state index in [0.29, 0.717) is 0 Å². The summed E-state index contributed by atoms with van der Waals surface area (Å²) in [6.07, 6.45) is 1.79. The number of hydrogen-bond donors (Lipinski definition) is 2. The molecule has 0 bridgehead atoms. The summed E-state index contributed by atoms with van der Waals surface area (Å²) in [5.41, 5.74) is 8.99. The molecule has 0 spiro atoms. The maximum Gasteiger partial charge on any atom is 0.246 e. The third kappa shape index (κ3) is 3.85. The lowest BCUT2D eigenvalue weighted by Crippen LogP contribution is -2.44. The quantitative estimate of drug-likeness (QED) is 0.812. The van der Waals surface area contributed by atoms with Crippen LogP contribution in [-0.4, -0.2) is 18.5 Å². The highest BCUT2D eigenvalue weighted by atomic mass is 35.5. The summed E-state index contributed by atoms with van der Waals surface area (Å²) in [6.45, 7) is 2.52. The lowest BCUT2D eigenvalue weighted by Gasteiger charge is -2.36. The Morgan fingerprint density at radius 3 is 2.72 bits per heavy atom. The van der Waals surface area contributed by atoms with Gasteiger partial charge in [0.05, 0.1) is 0 Å². The molecule has 3 rings (SSSR count). The molecule has 0 aliphatic carbocycles. The Morgan fingerprint density at radius 1 is 1.24 bits per heavy atom. The number of rotatable bonds is 3. The fraction of sp³-hybridized carbons (Fsp3) is 0.278. The fourth-order valence-corrected chi connectivity index (χ4v) is 3.04. The van der Waals surface area contributed by atoms with Crippen molar-refractivity contribution < 1.29 is 13.6 Å². The van der Waals surface area contributed by atoms with Crippen molar-refractivity contribution in [3.05, 3.63) is 53.6 Å². The summed E-state index contributed by atoms with van der Waals surface area (Å²) < 4.78 is 26.3. The minimum absolute atomic E-state index is 0. The van der Waals surface area contributed by atoms with Crippen molar-refractivity contribution >= 4 is 35.4 Å². The molecular formula is C18H20ClF2N3O. The van der Waals surface area contributed by atoms with Crippen LogP contribution in [0, 0.1) is 11.6 Å². The Hall–Kier alpha value is -2.34. The summed E-state index contributed by atoms with van der Waals surface area (Å²) in [5.74, 6) is -2.21. The highest BCUT2D eigenvalue weighted by Gasteiger charge is 2.27. The number of nitrogens with one attached hydrogen (secondary N) is 1. The molecule has 1 atom stereocenters. The van der Waals surface area contributed by atoms with Crippen LogP contribution in [0.2, 0.25) is 0 Å². The van der Waals surface area contributed by atoms with Crippen LogP contribution in [0.1, 0.15) is 18.9 Å². The van der Waals surface area contributed by atoms with E-state index in [2.05, 4.69) is 5.32 Å². The number of nitrogens with zero attached hydrogens (tertiary/aromatic N) is 1. The van der Waals surface area contributed by atoms with Gasteiger partial charge in [0.1, 0.15) is 6.04 Å². The van der Waals surface area contributed by atoms with Gasteiger partial charge in [-0.15, -0.1) is 12.4 Å². The zero-order valence-electron chi connectivity index (χ0n) is 13.8. The average molecular weight is 368 g/mol. The standard InChI is InChI=1S/C18H19F2N3O.ClH/c1-11(18(24)22-12-7-8-14(19)15(20)10-12)23-9-3-4-13-16(21)5-2-6-17(13)23;/h2,5-8,10-11H,3-4,9,21H2,1H3,(H,22,24);1H. The zero-order chi connectivity index (χ0) is 17.3. The van der Waals surface area contributed by atoms with Crippen LogP contribution in [0.4, 0.5) is 25.8 Å². The van der Waals surface area contributed by atoms with Gasteiger partial charge in [-0.1, -0.05) is 6.07 Å². The van der Waals surface area contributed by atoms with Gasteiger partial charge < -0.3 is 16.0 Å². The van der Waals surface area contributed by atoms with Gasteiger partial charge in [-0.3, -0.25) is 4.79 Å². The first-order valence-corrected chi connectivity index (χ1v) is 7.87. The summed E-state index contributed by atoms with van der Waals surface area (Å²) in [7, 11) is 0. The van der Waals surface area contributed by atoms with Crippen LogP contribution >= 0.6 is 12.4 Å². The average Bonchev–Trinajstić information content (AvgIpc) is 2.57. The number of fused-ring (bicyclic) bond motifs is 1. The van der Waals surface area contributed by atoms with Crippen molar-refractivity contribution in [1.29, 1.82) is 0 Å². The molecule has 134 valence electrons. The monoisotopic (exact) mass is 367 g/mol. The molecule has 2 aromatic rings. The molecule has 7 heteroatoms. The normalized spacial score (nSPS) is 14.3. The molecule has 4 nitrogen and oxygen atoms in total. The SMILES string of the molecule is CC(C(=O)Nc1ccc(F)c(F)c1)N1CCCc2c(N)cccc21.Cl. The highest BCUT2D eigenvalue weighted by Crippen LogP contribution is 2.32. The topological polar surface area (TPSA) is 58.4 Å². The van der Waals surface area contributed by atoms with Crippen molar-refractivity contribution in [2.45, 2.75) is 25.8 Å². The summed E-state index contributed by atoms with van der Waals surface area (Å²) in [6, 6.07) is 8.52. The second-order valence-corrected chi connectivity index (χ2v) is 5.94. The Kier molecular flexibility index (Phi) is 5.85. The summed E-state index contributed by atoms with van der Waals surface area (Å²) >= 11 is 0. The van der Waals surface area contributed by atoms with Gasteiger partial charge in [0.2, 0.25) is 5.91 Å². The largest absolute Gasteiger partial charge is 0.398 e. The van der Waals surface area contributed by atoms with Gasteiger partial charge in [0.15, 0.2) is 11.6 Å². The molecule has 1 aliphatic heterocycles. The third-order valence-electron chi connectivity index (χ3n) is 4.36. The minimum atomic E-state index is -0.989. The smallest absolute Gasteiger partial charge is 0.246 e. The van der Waals surface area contributed by atoms with Crippen LogP contribution in [-0.2, 0) is 11.2 Å². The molecule has 0 saturated carbocycles. The lowest BCUT2D eigenvalue weighted by molar-refractivity contribution is -0.117. The van der Waals surface area contributed by atoms with E-state index in [1.807, 2.05) is 23.1 Å². The first kappa shape index (κ1) is 19.0. The Bertz CT molecular complexity index is 785. The van der Waals surface area contributed by atoms with Crippen LogP contribution < -0.4 is 16.0 Å². The number of halogens is 3. The Labute approximate surface area is 151 Å². The maximum absolute atomic E-state index is 13.3. The molecule has 1 heterocycles. The summed E-state index contributed by atoms with van der Waals surface area (Å²) in [5, 5.41) is 2.63. The van der Waals surface area contributed by atoms with Gasteiger partial charge in [-0.25, -0.2) is 8.78 Å². The minimum Gasteiger partial charge on any atom is -0.398 e. The van der Waals surface area contributed by atoms with Gasteiger partial charge >= 0.3 is 0 Å². The van der Waals surface area contributed by atoms with Crippen molar-refractivity contribution in [1.82, 2.24) is 0 Å². The molecule has 0 saturated heterocycles. The second-order valence-electron chi connectivity index (χ2n) is 5.94. The number of benzene rings is 2. The Balaban J connectivity index is 0.00000225. The number of carbonyl (C=O) groups excluding carboxylic acids is 1. The van der Waals surface area contributed by atoms with E-state index < -0.39 is 17.7 Å². The van der Waals surface area contributed by atoms with Crippen LogP contribution in [0.25, 0.3) is 0 Å². The number of anilines is 3. The number of carbonyl (C=O) groups is 1. The number of amides is 1. The number of hydrogen-bond acceptors (Lipinski definition) is 3. The fourth-order valence-electron chi connectivity index (χ4n) is 3.04. The molecule has 2 aromatic carbocycles. The molecule has 3 N–H and O–H groups in total. The molecule has 0 aromatic heterocycles. The van der Waals surface area contributed by atoms with Crippen molar-refractivity contribution in [2.24, 2.45) is 0 Å². The van der Waals surface area contributed by atoms with Crippen LogP contribution in [0.5, 0.6) is 0 Å². The maximum atomic E-state index is 13.3. The second kappa shape index (κ2) is 7.70. The predicted molar refractivity (Wildman–Crippen MR) is 98.2 cm³/mol. The van der Waals surface area contributed by atoms with E-state index in [9.17, 15) is 13.6 Å². The van der Waals surface area contributed by atoms with E-state index in [0.717, 1.165) is 48.5 Å². The van der Waals surface area contributed by atoms with E-state index >= 15 is 0 Å². The lowest BCUT2D eigenvalue weighted by atomic mass is 9.98. The Morgan fingerprint density at radius 2 is 2.00 bits per heavy atom. The molecule has 1 amide bonds. The van der Waals surface area contributed by atoms with Gasteiger partial charge in [0.25, 0.3) is 0 Å². The van der Waals surface area contributed by atoms with E-state index in [1.165, 1.54) is 6.07 Å². The van der Waals surface area contributed by atoms with E-state index in [4.69, 9.17) is 5.73 Å². The van der Waals surface area contributed by atoms with Crippen molar-refractivity contribution in [3.8, 4) is 0 Å².